The Balaban J connectivity index is 1.58. The van der Waals surface area contributed by atoms with Crippen molar-refractivity contribution in [1.29, 1.82) is 0 Å². The van der Waals surface area contributed by atoms with Crippen LogP contribution in [-0.2, 0) is 11.3 Å². The molecule has 0 atom stereocenters. The summed E-state index contributed by atoms with van der Waals surface area (Å²) >= 11 is 0. The van der Waals surface area contributed by atoms with E-state index in [0.717, 1.165) is 43.5 Å². The molecule has 6 heteroatoms. The van der Waals surface area contributed by atoms with Crippen LogP contribution in [-0.4, -0.2) is 42.2 Å². The molecule has 6 nitrogen and oxygen atoms in total. The molecule has 1 saturated heterocycles. The number of H-pyrrole nitrogens is 1. The summed E-state index contributed by atoms with van der Waals surface area (Å²) < 4.78 is 5.34. The largest absolute Gasteiger partial charge is 0.378 e. The van der Waals surface area contributed by atoms with Crippen LogP contribution >= 0.6 is 0 Å². The number of anilines is 1. The third-order valence-corrected chi connectivity index (χ3v) is 3.68. The lowest BCUT2D eigenvalue weighted by Gasteiger charge is -2.28. The van der Waals surface area contributed by atoms with Gasteiger partial charge in [0.2, 0.25) is 0 Å². The van der Waals surface area contributed by atoms with Crippen molar-refractivity contribution >= 4 is 11.6 Å². The Hall–Kier alpha value is -2.34. The van der Waals surface area contributed by atoms with Gasteiger partial charge in [-0.3, -0.25) is 4.79 Å². The summed E-state index contributed by atoms with van der Waals surface area (Å²) in [7, 11) is 0. The summed E-state index contributed by atoms with van der Waals surface area (Å²) in [6, 6.07) is 7.68. The zero-order chi connectivity index (χ0) is 15.4. The quantitative estimate of drug-likeness (QED) is 0.897. The van der Waals surface area contributed by atoms with Gasteiger partial charge in [-0.1, -0.05) is 0 Å². The molecule has 2 N–H and O–H groups in total. The molecule has 3 rings (SSSR count). The molecular weight excluding hydrogens is 280 g/mol. The zero-order valence-electron chi connectivity index (χ0n) is 12.6. The monoisotopic (exact) mass is 300 g/mol. The van der Waals surface area contributed by atoms with E-state index in [2.05, 4.69) is 20.2 Å². The van der Waals surface area contributed by atoms with Gasteiger partial charge in [0.05, 0.1) is 19.8 Å². The van der Waals surface area contributed by atoms with Crippen molar-refractivity contribution in [2.24, 2.45) is 0 Å². The number of amides is 1. The first-order chi connectivity index (χ1) is 10.7. The molecule has 1 aliphatic heterocycles. The van der Waals surface area contributed by atoms with E-state index in [4.69, 9.17) is 4.74 Å². The fourth-order valence-electron chi connectivity index (χ4n) is 2.47. The van der Waals surface area contributed by atoms with Gasteiger partial charge < -0.3 is 19.9 Å². The van der Waals surface area contributed by atoms with Crippen molar-refractivity contribution in [2.45, 2.75) is 13.5 Å². The van der Waals surface area contributed by atoms with Crippen molar-refractivity contribution in [1.82, 2.24) is 15.3 Å². The van der Waals surface area contributed by atoms with E-state index in [9.17, 15) is 4.79 Å². The van der Waals surface area contributed by atoms with E-state index < -0.39 is 0 Å². The molecule has 0 radical (unpaired) electrons. The number of hydrogen-bond donors (Lipinski definition) is 2. The molecule has 1 aromatic carbocycles. The molecule has 2 heterocycles. The number of rotatable bonds is 4. The van der Waals surface area contributed by atoms with E-state index in [1.807, 2.05) is 31.2 Å². The molecule has 1 aromatic heterocycles. The minimum absolute atomic E-state index is 0.0948. The normalized spacial score (nSPS) is 14.9. The van der Waals surface area contributed by atoms with Crippen molar-refractivity contribution < 1.29 is 9.53 Å². The van der Waals surface area contributed by atoms with Gasteiger partial charge in [-0.25, -0.2) is 4.98 Å². The van der Waals surface area contributed by atoms with E-state index in [1.54, 1.807) is 6.20 Å². The Labute approximate surface area is 129 Å². The number of nitrogens with zero attached hydrogens (tertiary/aromatic N) is 2. The van der Waals surface area contributed by atoms with Gasteiger partial charge in [0.15, 0.2) is 0 Å². The maximum atomic E-state index is 12.1. The summed E-state index contributed by atoms with van der Waals surface area (Å²) in [4.78, 5) is 21.6. The maximum Gasteiger partial charge on any atom is 0.251 e. The molecule has 0 aliphatic carbocycles. The third-order valence-electron chi connectivity index (χ3n) is 3.68. The molecule has 1 aliphatic rings. The van der Waals surface area contributed by atoms with Gasteiger partial charge in [-0.05, 0) is 31.2 Å². The number of imidazole rings is 1. The number of morpholine rings is 1. The van der Waals surface area contributed by atoms with Crippen LogP contribution < -0.4 is 10.2 Å². The van der Waals surface area contributed by atoms with Crippen molar-refractivity contribution in [3.8, 4) is 0 Å². The van der Waals surface area contributed by atoms with Crippen molar-refractivity contribution in [2.75, 3.05) is 31.2 Å². The van der Waals surface area contributed by atoms with Crippen LogP contribution in [0.4, 0.5) is 5.69 Å². The number of aryl methyl sites for hydroxylation is 1. The smallest absolute Gasteiger partial charge is 0.251 e. The van der Waals surface area contributed by atoms with Gasteiger partial charge in [0, 0.05) is 36.2 Å². The number of nitrogens with one attached hydrogen (secondary N) is 2. The summed E-state index contributed by atoms with van der Waals surface area (Å²) in [6.45, 7) is 5.63. The number of hydrogen-bond acceptors (Lipinski definition) is 4. The minimum atomic E-state index is -0.0948. The van der Waals surface area contributed by atoms with Crippen LogP contribution in [0.25, 0.3) is 0 Å². The zero-order valence-corrected chi connectivity index (χ0v) is 12.6. The van der Waals surface area contributed by atoms with Crippen LogP contribution in [0.1, 0.15) is 21.9 Å². The van der Waals surface area contributed by atoms with Crippen LogP contribution in [0.5, 0.6) is 0 Å². The highest BCUT2D eigenvalue weighted by Gasteiger charge is 2.12. The molecule has 0 spiro atoms. The molecule has 116 valence electrons. The van der Waals surface area contributed by atoms with E-state index in [-0.39, 0.29) is 5.91 Å². The second-order valence-electron chi connectivity index (χ2n) is 5.34. The van der Waals surface area contributed by atoms with Crippen LogP contribution in [0, 0.1) is 6.92 Å². The number of benzene rings is 1. The lowest BCUT2D eigenvalue weighted by Crippen LogP contribution is -2.36. The molecule has 22 heavy (non-hydrogen) atoms. The Bertz CT molecular complexity index is 630. The number of aromatic nitrogens is 2. The van der Waals surface area contributed by atoms with Crippen molar-refractivity contribution in [3.05, 3.63) is 47.5 Å². The summed E-state index contributed by atoms with van der Waals surface area (Å²) in [5, 5.41) is 2.86. The van der Waals surface area contributed by atoms with Crippen LogP contribution in [0.3, 0.4) is 0 Å². The molecule has 2 aromatic rings. The fourth-order valence-corrected chi connectivity index (χ4v) is 2.47. The number of carbonyl (C=O) groups is 1. The van der Waals surface area contributed by atoms with E-state index >= 15 is 0 Å². The molecule has 0 saturated carbocycles. The van der Waals surface area contributed by atoms with Gasteiger partial charge in [-0.15, -0.1) is 0 Å². The highest BCUT2D eigenvalue weighted by molar-refractivity contribution is 5.94. The molecule has 0 unspecified atom stereocenters. The van der Waals surface area contributed by atoms with E-state index in [1.165, 1.54) is 0 Å². The molecule has 1 amide bonds. The predicted molar refractivity (Wildman–Crippen MR) is 84.0 cm³/mol. The first-order valence-corrected chi connectivity index (χ1v) is 7.44. The standard InChI is InChI=1S/C16H20N4O2/c1-12-10-17-15(19-12)11-18-16(21)13-2-4-14(5-3-13)20-6-8-22-9-7-20/h2-5,10H,6-9,11H2,1H3,(H,17,19)(H,18,21). The average molecular weight is 300 g/mol. The van der Waals surface area contributed by atoms with Crippen LogP contribution in [0.2, 0.25) is 0 Å². The highest BCUT2D eigenvalue weighted by Crippen LogP contribution is 2.16. The number of carbonyl (C=O) groups excluding carboxylic acids is 1. The Morgan fingerprint density at radius 1 is 1.32 bits per heavy atom. The number of ether oxygens (including phenoxy) is 1. The summed E-state index contributed by atoms with van der Waals surface area (Å²) in [6.07, 6.45) is 1.75. The third kappa shape index (κ3) is 3.46. The van der Waals surface area contributed by atoms with Gasteiger partial charge in [-0.2, -0.15) is 0 Å². The molecular formula is C16H20N4O2. The first-order valence-electron chi connectivity index (χ1n) is 7.44. The molecule has 1 fully saturated rings. The SMILES string of the molecule is Cc1cnc(CNC(=O)c2ccc(N3CCOCC3)cc2)[nH]1. The van der Waals surface area contributed by atoms with Crippen LogP contribution in [0.15, 0.2) is 30.5 Å². The summed E-state index contributed by atoms with van der Waals surface area (Å²) in [5.74, 6) is 0.665. The second-order valence-corrected chi connectivity index (χ2v) is 5.34. The lowest BCUT2D eigenvalue weighted by molar-refractivity contribution is 0.0950. The number of aromatic amines is 1. The van der Waals surface area contributed by atoms with Gasteiger partial charge in [0.1, 0.15) is 5.82 Å². The highest BCUT2D eigenvalue weighted by atomic mass is 16.5. The predicted octanol–water partition coefficient (Wildman–Crippen LogP) is 1.48. The van der Waals surface area contributed by atoms with E-state index in [0.29, 0.717) is 12.1 Å². The Morgan fingerprint density at radius 2 is 2.05 bits per heavy atom. The molecule has 0 bridgehead atoms. The maximum absolute atomic E-state index is 12.1. The minimum Gasteiger partial charge on any atom is -0.378 e. The average Bonchev–Trinajstić information content (AvgIpc) is 2.99. The topological polar surface area (TPSA) is 70.2 Å². The van der Waals surface area contributed by atoms with Gasteiger partial charge in [0.25, 0.3) is 5.91 Å². The summed E-state index contributed by atoms with van der Waals surface area (Å²) in [5.41, 5.74) is 2.76. The van der Waals surface area contributed by atoms with Crippen molar-refractivity contribution in [3.63, 3.8) is 0 Å². The van der Waals surface area contributed by atoms with Gasteiger partial charge >= 0.3 is 0 Å². The Morgan fingerprint density at radius 3 is 2.68 bits per heavy atom. The first kappa shape index (κ1) is 14.6. The second kappa shape index (κ2) is 6.62. The fraction of sp³-hybridized carbons (Fsp3) is 0.375. The Kier molecular flexibility index (Phi) is 4.39. The lowest BCUT2D eigenvalue weighted by atomic mass is 10.1.